The third-order valence-corrected chi connectivity index (χ3v) is 3.01. The summed E-state index contributed by atoms with van der Waals surface area (Å²) in [4.78, 5) is 23.1. The first-order valence-electron chi connectivity index (χ1n) is 6.15. The molecule has 2 aromatic carbocycles. The van der Waals surface area contributed by atoms with Crippen LogP contribution in [0.5, 0.6) is 0 Å². The number of aromatic amines is 1. The zero-order chi connectivity index (χ0) is 14.8. The second-order valence-corrected chi connectivity index (χ2v) is 4.42. The molecule has 0 fully saturated rings. The Hall–Kier alpha value is -3.22. The van der Waals surface area contributed by atoms with E-state index in [0.717, 1.165) is 0 Å². The van der Waals surface area contributed by atoms with Gasteiger partial charge in [0, 0.05) is 16.8 Å². The van der Waals surface area contributed by atoms with Crippen LogP contribution in [0.3, 0.4) is 0 Å². The number of H-pyrrole nitrogens is 1. The predicted molar refractivity (Wildman–Crippen MR) is 76.8 cm³/mol. The van der Waals surface area contributed by atoms with Crippen LogP contribution in [-0.4, -0.2) is 27.2 Å². The Kier molecular flexibility index (Phi) is 3.07. The first-order chi connectivity index (χ1) is 10.1. The summed E-state index contributed by atoms with van der Waals surface area (Å²) < 4.78 is 0. The Labute approximate surface area is 119 Å². The molecular weight excluding hydrogens is 270 g/mol. The Morgan fingerprint density at radius 1 is 0.952 bits per heavy atom. The molecule has 21 heavy (non-hydrogen) atoms. The van der Waals surface area contributed by atoms with Gasteiger partial charge in [-0.25, -0.2) is 0 Å². The Balaban J connectivity index is 1.80. The number of carbonyl (C=O) groups excluding carboxylic acids is 2. The van der Waals surface area contributed by atoms with Crippen molar-refractivity contribution < 1.29 is 9.59 Å². The first kappa shape index (κ1) is 12.8. The van der Waals surface area contributed by atoms with Gasteiger partial charge >= 0.3 is 0 Å². The molecule has 4 N–H and O–H groups in total. The molecule has 0 aliphatic rings. The van der Waals surface area contributed by atoms with Crippen LogP contribution in [0.2, 0.25) is 0 Å². The summed E-state index contributed by atoms with van der Waals surface area (Å²) in [6.45, 7) is 0. The van der Waals surface area contributed by atoms with E-state index in [0.29, 0.717) is 27.8 Å². The van der Waals surface area contributed by atoms with Gasteiger partial charge in [0.05, 0.1) is 0 Å². The van der Waals surface area contributed by atoms with Crippen molar-refractivity contribution in [2.45, 2.75) is 0 Å². The van der Waals surface area contributed by atoms with E-state index in [2.05, 4.69) is 20.7 Å². The number of primary amides is 1. The lowest BCUT2D eigenvalue weighted by molar-refractivity contribution is 0.0998. The van der Waals surface area contributed by atoms with E-state index in [1.54, 1.807) is 42.5 Å². The van der Waals surface area contributed by atoms with Crippen LogP contribution in [0, 0.1) is 0 Å². The van der Waals surface area contributed by atoms with Crippen molar-refractivity contribution in [1.82, 2.24) is 15.4 Å². The van der Waals surface area contributed by atoms with Gasteiger partial charge in [0.2, 0.25) is 5.91 Å². The van der Waals surface area contributed by atoms with Crippen molar-refractivity contribution in [2.24, 2.45) is 5.73 Å². The normalized spacial score (nSPS) is 10.5. The molecule has 3 rings (SSSR count). The van der Waals surface area contributed by atoms with Crippen molar-refractivity contribution in [1.29, 1.82) is 0 Å². The van der Waals surface area contributed by atoms with E-state index in [1.807, 2.05) is 0 Å². The predicted octanol–water partition coefficient (Wildman–Crippen LogP) is 1.31. The Morgan fingerprint density at radius 2 is 1.62 bits per heavy atom. The molecule has 0 saturated carbocycles. The lowest BCUT2D eigenvalue weighted by atomic mass is 10.1. The number of amides is 2. The molecule has 2 amide bonds. The average Bonchev–Trinajstić information content (AvgIpc) is 2.95. The number of aromatic nitrogens is 3. The van der Waals surface area contributed by atoms with Crippen molar-refractivity contribution in [3.63, 3.8) is 0 Å². The lowest BCUT2D eigenvalue weighted by Crippen LogP contribution is -2.13. The molecule has 1 aromatic heterocycles. The van der Waals surface area contributed by atoms with Crippen LogP contribution in [0.25, 0.3) is 11.0 Å². The SMILES string of the molecule is NC(=O)c1ccc(NC(=O)c2ccc3n[nH]nc3c2)cc1. The molecule has 104 valence electrons. The number of hydrogen-bond donors (Lipinski definition) is 3. The second kappa shape index (κ2) is 5.04. The fourth-order valence-corrected chi connectivity index (χ4v) is 1.90. The highest BCUT2D eigenvalue weighted by Gasteiger charge is 2.09. The molecule has 7 nitrogen and oxygen atoms in total. The molecule has 7 heteroatoms. The summed E-state index contributed by atoms with van der Waals surface area (Å²) in [6.07, 6.45) is 0. The number of nitrogens with two attached hydrogens (primary N) is 1. The Morgan fingerprint density at radius 3 is 2.33 bits per heavy atom. The van der Waals surface area contributed by atoms with E-state index in [9.17, 15) is 9.59 Å². The average molecular weight is 281 g/mol. The minimum atomic E-state index is -0.510. The highest BCUT2D eigenvalue weighted by atomic mass is 16.2. The molecule has 3 aromatic rings. The van der Waals surface area contributed by atoms with Crippen molar-refractivity contribution >= 4 is 28.5 Å². The summed E-state index contributed by atoms with van der Waals surface area (Å²) in [5.74, 6) is -0.781. The smallest absolute Gasteiger partial charge is 0.255 e. The number of benzene rings is 2. The zero-order valence-electron chi connectivity index (χ0n) is 10.8. The number of carbonyl (C=O) groups is 2. The largest absolute Gasteiger partial charge is 0.366 e. The molecule has 0 aliphatic heterocycles. The zero-order valence-corrected chi connectivity index (χ0v) is 10.8. The van der Waals surface area contributed by atoms with E-state index in [-0.39, 0.29) is 5.91 Å². The summed E-state index contributed by atoms with van der Waals surface area (Å²) in [6, 6.07) is 11.4. The highest BCUT2D eigenvalue weighted by molar-refractivity contribution is 6.06. The van der Waals surface area contributed by atoms with Gasteiger partial charge in [-0.1, -0.05) is 0 Å². The molecule has 0 bridgehead atoms. The molecule has 0 spiro atoms. The summed E-state index contributed by atoms with van der Waals surface area (Å²) in [5.41, 5.74) is 7.89. The third-order valence-electron chi connectivity index (χ3n) is 3.01. The Bertz CT molecular complexity index is 823. The van der Waals surface area contributed by atoms with Gasteiger partial charge in [0.1, 0.15) is 11.0 Å². The first-order valence-corrected chi connectivity index (χ1v) is 6.15. The monoisotopic (exact) mass is 281 g/mol. The summed E-state index contributed by atoms with van der Waals surface area (Å²) in [7, 11) is 0. The van der Waals surface area contributed by atoms with Crippen molar-refractivity contribution in [2.75, 3.05) is 5.32 Å². The minimum absolute atomic E-state index is 0.272. The van der Waals surface area contributed by atoms with Crippen LogP contribution in [-0.2, 0) is 0 Å². The van der Waals surface area contributed by atoms with Crippen LogP contribution in [0.1, 0.15) is 20.7 Å². The van der Waals surface area contributed by atoms with Crippen LogP contribution < -0.4 is 11.1 Å². The van der Waals surface area contributed by atoms with E-state index in [1.165, 1.54) is 0 Å². The number of nitrogens with one attached hydrogen (secondary N) is 2. The fourth-order valence-electron chi connectivity index (χ4n) is 1.90. The molecule has 0 atom stereocenters. The third kappa shape index (κ3) is 2.57. The maximum Gasteiger partial charge on any atom is 0.255 e. The van der Waals surface area contributed by atoms with Crippen molar-refractivity contribution in [3.05, 3.63) is 53.6 Å². The number of fused-ring (bicyclic) bond motifs is 1. The van der Waals surface area contributed by atoms with Gasteiger partial charge in [0.25, 0.3) is 5.91 Å². The minimum Gasteiger partial charge on any atom is -0.366 e. The molecule has 1 heterocycles. The van der Waals surface area contributed by atoms with Gasteiger partial charge in [-0.15, -0.1) is 0 Å². The quantitative estimate of drug-likeness (QED) is 0.671. The van der Waals surface area contributed by atoms with E-state index in [4.69, 9.17) is 5.73 Å². The molecule has 0 radical (unpaired) electrons. The maximum absolute atomic E-state index is 12.1. The van der Waals surface area contributed by atoms with Gasteiger partial charge in [-0.3, -0.25) is 9.59 Å². The van der Waals surface area contributed by atoms with E-state index >= 15 is 0 Å². The number of nitrogens with zero attached hydrogens (tertiary/aromatic N) is 2. The molecule has 0 unspecified atom stereocenters. The topological polar surface area (TPSA) is 114 Å². The van der Waals surface area contributed by atoms with Gasteiger partial charge in [-0.05, 0) is 42.5 Å². The van der Waals surface area contributed by atoms with Crippen LogP contribution in [0.4, 0.5) is 5.69 Å². The summed E-state index contributed by atoms with van der Waals surface area (Å²) >= 11 is 0. The van der Waals surface area contributed by atoms with Crippen LogP contribution in [0.15, 0.2) is 42.5 Å². The number of anilines is 1. The lowest BCUT2D eigenvalue weighted by Gasteiger charge is -2.05. The van der Waals surface area contributed by atoms with Gasteiger partial charge < -0.3 is 11.1 Å². The summed E-state index contributed by atoms with van der Waals surface area (Å²) in [5, 5.41) is 13.1. The second-order valence-electron chi connectivity index (χ2n) is 4.42. The fraction of sp³-hybridized carbons (Fsp3) is 0. The molecule has 0 saturated heterocycles. The standard InChI is InChI=1S/C14H11N5O2/c15-13(20)8-1-4-10(5-2-8)16-14(21)9-3-6-11-12(7-9)18-19-17-11/h1-7H,(H2,15,20)(H,16,21)(H,17,18,19). The highest BCUT2D eigenvalue weighted by Crippen LogP contribution is 2.14. The maximum atomic E-state index is 12.1. The van der Waals surface area contributed by atoms with Gasteiger partial charge in [0.15, 0.2) is 0 Å². The molecule has 0 aliphatic carbocycles. The van der Waals surface area contributed by atoms with E-state index < -0.39 is 5.91 Å². The van der Waals surface area contributed by atoms with Gasteiger partial charge in [-0.2, -0.15) is 15.4 Å². The van der Waals surface area contributed by atoms with Crippen molar-refractivity contribution in [3.8, 4) is 0 Å². The molecular formula is C14H11N5O2. The van der Waals surface area contributed by atoms with Crippen LogP contribution >= 0.6 is 0 Å². The number of rotatable bonds is 3. The number of hydrogen-bond acceptors (Lipinski definition) is 4.